The Morgan fingerprint density at radius 2 is 1.90 bits per heavy atom. The van der Waals surface area contributed by atoms with Crippen LogP contribution in [0.4, 0.5) is 0 Å². The van der Waals surface area contributed by atoms with Gasteiger partial charge >= 0.3 is 0 Å². The van der Waals surface area contributed by atoms with Gasteiger partial charge in [0, 0.05) is 31.2 Å². The van der Waals surface area contributed by atoms with Crippen molar-refractivity contribution in [2.75, 3.05) is 26.2 Å². The lowest BCUT2D eigenvalue weighted by atomic mass is 10.1. The van der Waals surface area contributed by atoms with Gasteiger partial charge < -0.3 is 10.6 Å². The van der Waals surface area contributed by atoms with Gasteiger partial charge in [-0.15, -0.1) is 0 Å². The highest BCUT2D eigenvalue weighted by molar-refractivity contribution is 7.80. The molecular formula is C14H17Cl2N3OS. The lowest BCUT2D eigenvalue weighted by Gasteiger charge is -2.37. The highest BCUT2D eigenvalue weighted by atomic mass is 35.5. The zero-order valence-electron chi connectivity index (χ0n) is 11.7. The molecule has 1 aliphatic heterocycles. The van der Waals surface area contributed by atoms with Crippen molar-refractivity contribution in [3.63, 3.8) is 0 Å². The molecule has 1 aromatic rings. The molecule has 1 saturated heterocycles. The van der Waals surface area contributed by atoms with Crippen molar-refractivity contribution in [2.45, 2.75) is 13.0 Å². The van der Waals surface area contributed by atoms with Crippen LogP contribution in [0.15, 0.2) is 18.2 Å². The number of halogens is 2. The number of hydrogen-bond acceptors (Lipinski definition) is 3. The summed E-state index contributed by atoms with van der Waals surface area (Å²) in [4.78, 5) is 16.9. The molecule has 1 unspecified atom stereocenters. The van der Waals surface area contributed by atoms with E-state index in [2.05, 4.69) is 4.90 Å². The SMILES string of the molecule is CC(C(N)=S)N1CCN(C(=O)c2ccc(Cl)cc2Cl)CC1. The number of benzene rings is 1. The summed E-state index contributed by atoms with van der Waals surface area (Å²) in [6, 6.07) is 4.97. The minimum atomic E-state index is -0.0701. The molecule has 7 heteroatoms. The molecule has 114 valence electrons. The molecule has 1 fully saturated rings. The van der Waals surface area contributed by atoms with Crippen molar-refractivity contribution in [2.24, 2.45) is 5.73 Å². The number of carbonyl (C=O) groups excluding carboxylic acids is 1. The lowest BCUT2D eigenvalue weighted by molar-refractivity contribution is 0.0622. The van der Waals surface area contributed by atoms with Gasteiger partial charge in [0.1, 0.15) is 0 Å². The normalized spacial score (nSPS) is 17.6. The van der Waals surface area contributed by atoms with Crippen LogP contribution in [0.5, 0.6) is 0 Å². The van der Waals surface area contributed by atoms with Crippen LogP contribution in [-0.4, -0.2) is 52.9 Å². The third-order valence-electron chi connectivity index (χ3n) is 3.72. The maximum atomic E-state index is 12.5. The van der Waals surface area contributed by atoms with Crippen LogP contribution in [0.2, 0.25) is 10.0 Å². The van der Waals surface area contributed by atoms with Gasteiger partial charge in [0.2, 0.25) is 0 Å². The molecule has 0 saturated carbocycles. The molecular weight excluding hydrogens is 329 g/mol. The van der Waals surface area contributed by atoms with Crippen LogP contribution in [0.3, 0.4) is 0 Å². The Bertz CT molecular complexity index is 559. The number of amides is 1. The fourth-order valence-corrected chi connectivity index (χ4v) is 2.96. The third-order valence-corrected chi connectivity index (χ3v) is 4.61. The minimum Gasteiger partial charge on any atom is -0.392 e. The summed E-state index contributed by atoms with van der Waals surface area (Å²) in [5.41, 5.74) is 6.15. The summed E-state index contributed by atoms with van der Waals surface area (Å²) >= 11 is 17.0. The summed E-state index contributed by atoms with van der Waals surface area (Å²) < 4.78 is 0. The van der Waals surface area contributed by atoms with E-state index in [9.17, 15) is 4.79 Å². The number of rotatable bonds is 3. The minimum absolute atomic E-state index is 0.0522. The zero-order chi connectivity index (χ0) is 15.6. The molecule has 2 N–H and O–H groups in total. The van der Waals surface area contributed by atoms with Gasteiger partial charge in [-0.25, -0.2) is 0 Å². The second-order valence-corrected chi connectivity index (χ2v) is 6.35. The topological polar surface area (TPSA) is 49.6 Å². The molecule has 1 aliphatic rings. The van der Waals surface area contributed by atoms with Crippen LogP contribution in [-0.2, 0) is 0 Å². The first-order valence-corrected chi connectivity index (χ1v) is 7.84. The largest absolute Gasteiger partial charge is 0.392 e. The van der Waals surface area contributed by atoms with Crippen molar-refractivity contribution < 1.29 is 4.79 Å². The molecule has 1 amide bonds. The van der Waals surface area contributed by atoms with Crippen molar-refractivity contribution in [1.82, 2.24) is 9.80 Å². The smallest absolute Gasteiger partial charge is 0.255 e. The molecule has 21 heavy (non-hydrogen) atoms. The predicted octanol–water partition coefficient (Wildman–Crippen LogP) is 2.43. The van der Waals surface area contributed by atoms with Gasteiger partial charge in [0.15, 0.2) is 0 Å². The monoisotopic (exact) mass is 345 g/mol. The fourth-order valence-electron chi connectivity index (χ4n) is 2.33. The molecule has 0 aromatic heterocycles. The summed E-state index contributed by atoms with van der Waals surface area (Å²) in [7, 11) is 0. The fraction of sp³-hybridized carbons (Fsp3) is 0.429. The first-order chi connectivity index (χ1) is 9.90. The molecule has 1 atom stereocenters. The second kappa shape index (κ2) is 6.92. The van der Waals surface area contributed by atoms with Crippen molar-refractivity contribution in [1.29, 1.82) is 0 Å². The van der Waals surface area contributed by atoms with Gasteiger partial charge in [-0.1, -0.05) is 35.4 Å². The Labute approximate surface area is 139 Å². The lowest BCUT2D eigenvalue weighted by Crippen LogP contribution is -2.54. The van der Waals surface area contributed by atoms with Crippen molar-refractivity contribution >= 4 is 46.3 Å². The Kier molecular flexibility index (Phi) is 5.43. The average molecular weight is 346 g/mol. The van der Waals surface area contributed by atoms with E-state index in [4.69, 9.17) is 41.2 Å². The maximum absolute atomic E-state index is 12.5. The highest BCUT2D eigenvalue weighted by Crippen LogP contribution is 2.23. The van der Waals surface area contributed by atoms with Gasteiger partial charge in [0.05, 0.1) is 21.6 Å². The van der Waals surface area contributed by atoms with Gasteiger partial charge in [-0.3, -0.25) is 9.69 Å². The van der Waals surface area contributed by atoms with E-state index in [1.807, 2.05) is 6.92 Å². The molecule has 0 bridgehead atoms. The highest BCUT2D eigenvalue weighted by Gasteiger charge is 2.26. The second-order valence-electron chi connectivity index (χ2n) is 5.03. The van der Waals surface area contributed by atoms with Crippen LogP contribution >= 0.6 is 35.4 Å². The Hall–Kier alpha value is -0.880. The summed E-state index contributed by atoms with van der Waals surface area (Å²) in [5, 5.41) is 0.901. The van der Waals surface area contributed by atoms with E-state index < -0.39 is 0 Å². The van der Waals surface area contributed by atoms with E-state index in [1.54, 1.807) is 23.1 Å². The van der Waals surface area contributed by atoms with Crippen LogP contribution in [0, 0.1) is 0 Å². The van der Waals surface area contributed by atoms with Crippen molar-refractivity contribution in [3.05, 3.63) is 33.8 Å². The summed E-state index contributed by atoms with van der Waals surface area (Å²) in [6.45, 7) is 4.73. The Morgan fingerprint density at radius 1 is 1.29 bits per heavy atom. The zero-order valence-corrected chi connectivity index (χ0v) is 14.0. The number of thiocarbonyl (C=S) groups is 1. The Morgan fingerprint density at radius 3 is 2.43 bits per heavy atom. The van der Waals surface area contributed by atoms with E-state index in [0.717, 1.165) is 13.1 Å². The van der Waals surface area contributed by atoms with Gasteiger partial charge in [0.25, 0.3) is 5.91 Å². The quantitative estimate of drug-likeness (QED) is 0.854. The molecule has 0 spiro atoms. The van der Waals surface area contributed by atoms with Gasteiger partial charge in [-0.05, 0) is 25.1 Å². The van der Waals surface area contributed by atoms with Crippen molar-refractivity contribution in [3.8, 4) is 0 Å². The number of piperazine rings is 1. The van der Waals surface area contributed by atoms with E-state index >= 15 is 0 Å². The predicted molar refractivity (Wildman–Crippen MR) is 90.2 cm³/mol. The summed E-state index contributed by atoms with van der Waals surface area (Å²) in [5.74, 6) is -0.0701. The summed E-state index contributed by atoms with van der Waals surface area (Å²) in [6.07, 6.45) is 0. The molecule has 0 aliphatic carbocycles. The maximum Gasteiger partial charge on any atom is 0.255 e. The van der Waals surface area contributed by atoms with Crippen LogP contribution in [0.1, 0.15) is 17.3 Å². The number of carbonyl (C=O) groups is 1. The van der Waals surface area contributed by atoms with Gasteiger partial charge in [-0.2, -0.15) is 0 Å². The first-order valence-electron chi connectivity index (χ1n) is 6.68. The molecule has 1 heterocycles. The van der Waals surface area contributed by atoms with Crippen LogP contribution in [0.25, 0.3) is 0 Å². The number of hydrogen-bond donors (Lipinski definition) is 1. The van der Waals surface area contributed by atoms with E-state index in [-0.39, 0.29) is 11.9 Å². The molecule has 0 radical (unpaired) electrons. The molecule has 4 nitrogen and oxygen atoms in total. The van der Waals surface area contributed by atoms with E-state index in [1.165, 1.54) is 0 Å². The molecule has 2 rings (SSSR count). The third kappa shape index (κ3) is 3.86. The molecule has 1 aromatic carbocycles. The van der Waals surface area contributed by atoms with Crippen LogP contribution < -0.4 is 5.73 Å². The number of nitrogens with two attached hydrogens (primary N) is 1. The van der Waals surface area contributed by atoms with E-state index in [0.29, 0.717) is 33.7 Å². The Balaban J connectivity index is 2.02. The number of nitrogens with zero attached hydrogens (tertiary/aromatic N) is 2. The average Bonchev–Trinajstić information content (AvgIpc) is 2.46. The standard InChI is InChI=1S/C14H17Cl2N3OS/c1-9(13(17)21)18-4-6-19(7-5-18)14(20)11-3-2-10(15)8-12(11)16/h2-3,8-9H,4-7H2,1H3,(H2,17,21). The first kappa shape index (κ1) is 16.5.